The number of carbonyl (C=O) groups is 1. The third kappa shape index (κ3) is 2.15. The van der Waals surface area contributed by atoms with E-state index in [0.717, 1.165) is 5.69 Å². The topological polar surface area (TPSA) is 20.9 Å². The first-order valence-electron chi connectivity index (χ1n) is 3.64. The summed E-state index contributed by atoms with van der Waals surface area (Å²) in [5, 5.41) is 0. The van der Waals surface area contributed by atoms with Crippen molar-refractivity contribution in [3.05, 3.63) is 30.1 Å². The van der Waals surface area contributed by atoms with Crippen molar-refractivity contribution in [1.29, 1.82) is 0 Å². The molecule has 0 N–H and O–H groups in total. The highest BCUT2D eigenvalue weighted by Crippen LogP contribution is 1.87. The van der Waals surface area contributed by atoms with Crippen LogP contribution in [0.2, 0.25) is 0 Å². The first-order valence-corrected chi connectivity index (χ1v) is 3.64. The second-order valence-electron chi connectivity index (χ2n) is 2.67. The van der Waals surface area contributed by atoms with Gasteiger partial charge < -0.3 is 0 Å². The molecule has 0 atom stereocenters. The Balaban J connectivity index is 2.86. The number of ketones is 1. The van der Waals surface area contributed by atoms with Crippen molar-refractivity contribution < 1.29 is 9.36 Å². The van der Waals surface area contributed by atoms with Gasteiger partial charge in [-0.15, -0.1) is 0 Å². The fraction of sp³-hybridized carbons (Fsp3) is 0.333. The van der Waals surface area contributed by atoms with Gasteiger partial charge >= 0.3 is 0 Å². The SMILES string of the molecule is CC(=O)C[n+]1ccccc1C. The number of hydrogen-bond donors (Lipinski definition) is 0. The van der Waals surface area contributed by atoms with E-state index >= 15 is 0 Å². The molecule has 0 spiro atoms. The molecule has 11 heavy (non-hydrogen) atoms. The Morgan fingerprint density at radius 2 is 2.27 bits per heavy atom. The predicted molar refractivity (Wildman–Crippen MR) is 42.1 cm³/mol. The Labute approximate surface area is 66.5 Å². The minimum atomic E-state index is 0.185. The molecule has 0 bridgehead atoms. The zero-order valence-electron chi connectivity index (χ0n) is 6.87. The van der Waals surface area contributed by atoms with Crippen LogP contribution in [0.15, 0.2) is 24.4 Å². The van der Waals surface area contributed by atoms with E-state index in [4.69, 9.17) is 0 Å². The lowest BCUT2D eigenvalue weighted by molar-refractivity contribution is -0.690. The van der Waals surface area contributed by atoms with Gasteiger partial charge in [-0.25, -0.2) is 0 Å². The summed E-state index contributed by atoms with van der Waals surface area (Å²) in [7, 11) is 0. The van der Waals surface area contributed by atoms with Crippen LogP contribution in [-0.2, 0) is 11.3 Å². The van der Waals surface area contributed by atoms with Gasteiger partial charge in [0.05, 0.1) is 0 Å². The molecule has 2 heteroatoms. The minimum absolute atomic E-state index is 0.185. The van der Waals surface area contributed by atoms with Crippen LogP contribution in [0.4, 0.5) is 0 Å². The van der Waals surface area contributed by atoms with Gasteiger partial charge in [0, 0.05) is 26.0 Å². The molecule has 1 aromatic rings. The first-order chi connectivity index (χ1) is 5.20. The lowest BCUT2D eigenvalue weighted by Gasteiger charge is -1.94. The Morgan fingerprint density at radius 3 is 2.82 bits per heavy atom. The molecule has 0 aliphatic heterocycles. The Kier molecular flexibility index (Phi) is 2.36. The van der Waals surface area contributed by atoms with Crippen LogP contribution in [0.5, 0.6) is 0 Å². The van der Waals surface area contributed by atoms with E-state index in [1.54, 1.807) is 6.92 Å². The van der Waals surface area contributed by atoms with Crippen molar-refractivity contribution in [1.82, 2.24) is 0 Å². The average Bonchev–Trinajstić information content (AvgIpc) is 1.93. The molecule has 0 saturated carbocycles. The molecule has 1 heterocycles. The fourth-order valence-electron chi connectivity index (χ4n) is 0.979. The maximum absolute atomic E-state index is 10.7. The van der Waals surface area contributed by atoms with E-state index in [1.165, 1.54) is 0 Å². The third-order valence-electron chi connectivity index (χ3n) is 1.56. The van der Waals surface area contributed by atoms with Crippen LogP contribution < -0.4 is 4.57 Å². The quantitative estimate of drug-likeness (QED) is 0.573. The van der Waals surface area contributed by atoms with Gasteiger partial charge in [-0.3, -0.25) is 4.79 Å². The van der Waals surface area contributed by atoms with Crippen LogP contribution in [0.3, 0.4) is 0 Å². The molecule has 58 valence electrons. The highest BCUT2D eigenvalue weighted by Gasteiger charge is 2.05. The van der Waals surface area contributed by atoms with E-state index < -0.39 is 0 Å². The van der Waals surface area contributed by atoms with E-state index in [0.29, 0.717) is 6.54 Å². The van der Waals surface area contributed by atoms with Crippen LogP contribution in [0.1, 0.15) is 12.6 Å². The Morgan fingerprint density at radius 1 is 1.55 bits per heavy atom. The summed E-state index contributed by atoms with van der Waals surface area (Å²) < 4.78 is 1.93. The summed E-state index contributed by atoms with van der Waals surface area (Å²) in [6.07, 6.45) is 1.91. The number of aromatic nitrogens is 1. The van der Waals surface area contributed by atoms with Crippen molar-refractivity contribution >= 4 is 5.78 Å². The van der Waals surface area contributed by atoms with Gasteiger partial charge in [0.25, 0.3) is 0 Å². The molecule has 2 nitrogen and oxygen atoms in total. The summed E-state index contributed by atoms with van der Waals surface area (Å²) >= 11 is 0. The second-order valence-corrected chi connectivity index (χ2v) is 2.67. The maximum Gasteiger partial charge on any atom is 0.206 e. The van der Waals surface area contributed by atoms with Crippen molar-refractivity contribution in [2.24, 2.45) is 0 Å². The maximum atomic E-state index is 10.7. The zero-order valence-corrected chi connectivity index (χ0v) is 6.87. The number of pyridine rings is 1. The van der Waals surface area contributed by atoms with Crippen molar-refractivity contribution in [3.8, 4) is 0 Å². The van der Waals surface area contributed by atoms with Gasteiger partial charge in [-0.2, -0.15) is 4.57 Å². The molecule has 0 aliphatic carbocycles. The highest BCUT2D eigenvalue weighted by atomic mass is 16.1. The van der Waals surface area contributed by atoms with Gasteiger partial charge in [-0.1, -0.05) is 6.07 Å². The number of aryl methyl sites for hydroxylation is 1. The number of Topliss-reactive ketones (excluding diaryl/α,β-unsaturated/α-hetero) is 1. The van der Waals surface area contributed by atoms with Crippen LogP contribution in [0, 0.1) is 6.92 Å². The Bertz CT molecular complexity index is 268. The molecular weight excluding hydrogens is 138 g/mol. The van der Waals surface area contributed by atoms with Gasteiger partial charge in [0.15, 0.2) is 17.7 Å². The molecule has 1 aromatic heterocycles. The standard InChI is InChI=1S/C9H12NO/c1-8-5-3-4-6-10(8)7-9(2)11/h3-6H,7H2,1-2H3/q+1. The number of nitrogens with zero attached hydrogens (tertiary/aromatic N) is 1. The molecule has 0 amide bonds. The summed E-state index contributed by atoms with van der Waals surface area (Å²) in [6.45, 7) is 4.06. The summed E-state index contributed by atoms with van der Waals surface area (Å²) in [5.74, 6) is 0.185. The largest absolute Gasteiger partial charge is 0.293 e. The monoisotopic (exact) mass is 150 g/mol. The molecular formula is C9H12NO+. The van der Waals surface area contributed by atoms with Gasteiger partial charge in [0.1, 0.15) is 0 Å². The summed E-state index contributed by atoms with van der Waals surface area (Å²) in [5.41, 5.74) is 1.11. The molecule has 0 aromatic carbocycles. The van der Waals surface area contributed by atoms with Crippen molar-refractivity contribution in [2.75, 3.05) is 0 Å². The molecule has 0 saturated heterocycles. The summed E-state index contributed by atoms with van der Waals surface area (Å²) in [4.78, 5) is 10.7. The molecule has 0 fully saturated rings. The van der Waals surface area contributed by atoms with Crippen molar-refractivity contribution in [3.63, 3.8) is 0 Å². The predicted octanol–water partition coefficient (Wildman–Crippen LogP) is 0.872. The number of hydrogen-bond acceptors (Lipinski definition) is 1. The van der Waals surface area contributed by atoms with E-state index in [9.17, 15) is 4.79 Å². The van der Waals surface area contributed by atoms with Crippen LogP contribution in [0.25, 0.3) is 0 Å². The first kappa shape index (κ1) is 7.92. The molecule has 0 aliphatic rings. The second kappa shape index (κ2) is 3.28. The lowest BCUT2D eigenvalue weighted by Crippen LogP contribution is -2.39. The van der Waals surface area contributed by atoms with E-state index in [-0.39, 0.29) is 5.78 Å². The summed E-state index contributed by atoms with van der Waals surface area (Å²) in [6, 6.07) is 5.88. The number of rotatable bonds is 2. The van der Waals surface area contributed by atoms with Crippen LogP contribution >= 0.6 is 0 Å². The average molecular weight is 150 g/mol. The van der Waals surface area contributed by atoms with E-state index in [1.807, 2.05) is 35.9 Å². The lowest BCUT2D eigenvalue weighted by atomic mass is 10.3. The Hall–Kier alpha value is -1.18. The number of carbonyl (C=O) groups excluding carboxylic acids is 1. The highest BCUT2D eigenvalue weighted by molar-refractivity contribution is 5.73. The fourth-order valence-corrected chi connectivity index (χ4v) is 0.979. The van der Waals surface area contributed by atoms with Crippen LogP contribution in [-0.4, -0.2) is 5.78 Å². The third-order valence-corrected chi connectivity index (χ3v) is 1.56. The normalized spacial score (nSPS) is 9.64. The van der Waals surface area contributed by atoms with Gasteiger partial charge in [0.2, 0.25) is 6.54 Å². The van der Waals surface area contributed by atoms with Crippen molar-refractivity contribution in [2.45, 2.75) is 20.4 Å². The zero-order chi connectivity index (χ0) is 8.27. The molecule has 0 radical (unpaired) electrons. The van der Waals surface area contributed by atoms with E-state index in [2.05, 4.69) is 0 Å². The van der Waals surface area contributed by atoms with Gasteiger partial charge in [-0.05, 0) is 0 Å². The molecule has 1 rings (SSSR count). The smallest absolute Gasteiger partial charge is 0.206 e. The minimum Gasteiger partial charge on any atom is -0.293 e. The molecule has 0 unspecified atom stereocenters.